The van der Waals surface area contributed by atoms with E-state index in [0.717, 1.165) is 20.5 Å². The van der Waals surface area contributed by atoms with Crippen LogP contribution in [0.5, 0.6) is 0 Å². The third-order valence-electron chi connectivity index (χ3n) is 5.10. The third-order valence-corrected chi connectivity index (χ3v) is 5.82. The molecule has 6 heteroatoms. The molecule has 1 N–H and O–H groups in total. The molecular weight excluding hydrogens is 444 g/mol. The molecule has 0 aliphatic carbocycles. The lowest BCUT2D eigenvalue weighted by molar-refractivity contribution is -0.121. The topological polar surface area (TPSA) is 66.5 Å². The van der Waals surface area contributed by atoms with Crippen molar-refractivity contribution in [3.63, 3.8) is 0 Å². The summed E-state index contributed by atoms with van der Waals surface area (Å²) in [5.41, 5.74) is 2.65. The Balaban J connectivity index is 1.49. The Morgan fingerprint density at radius 2 is 1.40 bits per heavy atom. The molecule has 0 aromatic heterocycles. The number of nitrogens with one attached hydrogen (secondary N) is 1. The van der Waals surface area contributed by atoms with Gasteiger partial charge in [0.2, 0.25) is 5.91 Å². The van der Waals surface area contributed by atoms with Crippen LogP contribution < -0.4 is 5.32 Å². The summed E-state index contributed by atoms with van der Waals surface area (Å²) >= 11 is 3.56. The first-order valence-electron chi connectivity index (χ1n) is 9.60. The monoisotopic (exact) mass is 462 g/mol. The first-order valence-corrected chi connectivity index (χ1v) is 10.4. The number of hydrogen-bond acceptors (Lipinski definition) is 3. The highest BCUT2D eigenvalue weighted by molar-refractivity contribution is 9.10. The summed E-state index contributed by atoms with van der Waals surface area (Å²) in [6.45, 7) is 0.0374. The molecule has 3 aromatic carbocycles. The molecule has 0 saturated heterocycles. The quantitative estimate of drug-likeness (QED) is 0.554. The van der Waals surface area contributed by atoms with Crippen molar-refractivity contribution in [3.05, 3.63) is 106 Å². The first kappa shape index (κ1) is 20.0. The Kier molecular flexibility index (Phi) is 5.77. The third kappa shape index (κ3) is 3.91. The van der Waals surface area contributed by atoms with E-state index in [1.165, 1.54) is 0 Å². The maximum Gasteiger partial charge on any atom is 0.261 e. The Morgan fingerprint density at radius 1 is 0.833 bits per heavy atom. The van der Waals surface area contributed by atoms with Gasteiger partial charge in [0.25, 0.3) is 11.8 Å². The highest BCUT2D eigenvalue weighted by Gasteiger charge is 2.35. The van der Waals surface area contributed by atoms with Gasteiger partial charge < -0.3 is 5.32 Å². The lowest BCUT2D eigenvalue weighted by atomic mass is 9.98. The van der Waals surface area contributed by atoms with Crippen LogP contribution in [0.25, 0.3) is 0 Å². The summed E-state index contributed by atoms with van der Waals surface area (Å²) in [5, 5.41) is 3.05. The van der Waals surface area contributed by atoms with Crippen molar-refractivity contribution in [2.24, 2.45) is 0 Å². The first-order chi connectivity index (χ1) is 14.6. The van der Waals surface area contributed by atoms with Gasteiger partial charge in [0.1, 0.15) is 0 Å². The van der Waals surface area contributed by atoms with Gasteiger partial charge in [-0.25, -0.2) is 0 Å². The number of carbonyl (C=O) groups excluding carboxylic acids is 3. The van der Waals surface area contributed by atoms with E-state index in [1.807, 2.05) is 54.6 Å². The van der Waals surface area contributed by atoms with Crippen molar-refractivity contribution in [1.29, 1.82) is 0 Å². The highest BCUT2D eigenvalue weighted by atomic mass is 79.9. The number of amides is 3. The molecule has 1 heterocycles. The molecule has 0 bridgehead atoms. The summed E-state index contributed by atoms with van der Waals surface area (Å²) in [7, 11) is 0. The normalized spacial score (nSPS) is 13.8. The summed E-state index contributed by atoms with van der Waals surface area (Å²) in [6, 6.07) is 23.7. The van der Waals surface area contributed by atoms with Gasteiger partial charge >= 0.3 is 0 Å². The van der Waals surface area contributed by atoms with Gasteiger partial charge in [0.05, 0.1) is 17.2 Å². The smallest absolute Gasteiger partial charge is 0.261 e. The maximum atomic E-state index is 12.8. The van der Waals surface area contributed by atoms with E-state index in [2.05, 4.69) is 21.2 Å². The molecule has 0 fully saturated rings. The van der Waals surface area contributed by atoms with E-state index in [4.69, 9.17) is 0 Å². The number of rotatable bonds is 6. The molecule has 1 aliphatic heterocycles. The number of halogens is 1. The van der Waals surface area contributed by atoms with Crippen LogP contribution in [0.2, 0.25) is 0 Å². The average Bonchev–Trinajstić information content (AvgIpc) is 3.02. The molecule has 3 aromatic rings. The minimum Gasteiger partial charge on any atom is -0.345 e. The van der Waals surface area contributed by atoms with Gasteiger partial charge in [-0.1, -0.05) is 76.6 Å². The van der Waals surface area contributed by atoms with Crippen LogP contribution in [-0.2, 0) is 4.79 Å². The highest BCUT2D eigenvalue weighted by Crippen LogP contribution is 2.29. The maximum absolute atomic E-state index is 12.8. The fourth-order valence-electron chi connectivity index (χ4n) is 3.58. The Morgan fingerprint density at radius 3 is 2.03 bits per heavy atom. The fourth-order valence-corrected chi connectivity index (χ4v) is 4.10. The number of fused-ring (bicyclic) bond motifs is 1. The Labute approximate surface area is 182 Å². The van der Waals surface area contributed by atoms with Crippen LogP contribution in [0.4, 0.5) is 0 Å². The van der Waals surface area contributed by atoms with Crippen molar-refractivity contribution in [2.45, 2.75) is 12.5 Å². The van der Waals surface area contributed by atoms with E-state index < -0.39 is 0 Å². The van der Waals surface area contributed by atoms with E-state index in [0.29, 0.717) is 11.1 Å². The van der Waals surface area contributed by atoms with E-state index >= 15 is 0 Å². The van der Waals surface area contributed by atoms with Crippen LogP contribution in [0, 0.1) is 0 Å². The second-order valence-electron chi connectivity index (χ2n) is 6.99. The number of imide groups is 1. The van der Waals surface area contributed by atoms with Crippen molar-refractivity contribution in [2.75, 3.05) is 6.54 Å². The standard InChI is InChI=1S/C24H19BrN2O3/c25-20-13-7-6-12-19(20)22(16-8-2-1-3-9-16)26-21(28)14-15-27-23(29)17-10-4-5-11-18(17)24(27)30/h1-13,22H,14-15H2,(H,26,28). The van der Waals surface area contributed by atoms with E-state index in [-0.39, 0.29) is 36.7 Å². The van der Waals surface area contributed by atoms with Gasteiger partial charge in [-0.05, 0) is 29.3 Å². The number of nitrogens with zero attached hydrogens (tertiary/aromatic N) is 1. The van der Waals surface area contributed by atoms with Crippen molar-refractivity contribution >= 4 is 33.7 Å². The summed E-state index contributed by atoms with van der Waals surface area (Å²) in [6.07, 6.45) is 0.0270. The van der Waals surface area contributed by atoms with Gasteiger partial charge in [0.15, 0.2) is 0 Å². The lowest BCUT2D eigenvalue weighted by Gasteiger charge is -2.22. The second-order valence-corrected chi connectivity index (χ2v) is 7.84. The van der Waals surface area contributed by atoms with Crippen LogP contribution in [0.1, 0.15) is 44.3 Å². The number of hydrogen-bond donors (Lipinski definition) is 1. The molecule has 4 rings (SSSR count). The molecule has 3 amide bonds. The van der Waals surface area contributed by atoms with Crippen molar-refractivity contribution in [1.82, 2.24) is 10.2 Å². The molecule has 5 nitrogen and oxygen atoms in total. The molecule has 0 radical (unpaired) electrons. The van der Waals surface area contributed by atoms with E-state index in [1.54, 1.807) is 24.3 Å². The Hall–Kier alpha value is -3.25. The molecule has 0 saturated carbocycles. The summed E-state index contributed by atoms with van der Waals surface area (Å²) in [4.78, 5) is 38.9. The summed E-state index contributed by atoms with van der Waals surface area (Å²) < 4.78 is 0.888. The molecule has 1 unspecified atom stereocenters. The van der Waals surface area contributed by atoms with Crippen LogP contribution in [0.3, 0.4) is 0 Å². The van der Waals surface area contributed by atoms with Crippen molar-refractivity contribution in [3.8, 4) is 0 Å². The zero-order chi connectivity index (χ0) is 21.1. The SMILES string of the molecule is O=C(CCN1C(=O)c2ccccc2C1=O)NC(c1ccccc1)c1ccccc1Br. The second kappa shape index (κ2) is 8.63. The number of benzene rings is 3. The van der Waals surface area contributed by atoms with Gasteiger partial charge in [-0.15, -0.1) is 0 Å². The zero-order valence-corrected chi connectivity index (χ0v) is 17.6. The number of carbonyl (C=O) groups is 3. The Bertz CT molecular complexity index is 1080. The van der Waals surface area contributed by atoms with Gasteiger partial charge in [0, 0.05) is 17.4 Å². The van der Waals surface area contributed by atoms with Crippen molar-refractivity contribution < 1.29 is 14.4 Å². The molecular formula is C24H19BrN2O3. The minimum absolute atomic E-state index is 0.0270. The largest absolute Gasteiger partial charge is 0.345 e. The minimum atomic E-state index is -0.353. The molecule has 150 valence electrons. The van der Waals surface area contributed by atoms with Crippen LogP contribution >= 0.6 is 15.9 Å². The molecule has 1 atom stereocenters. The zero-order valence-electron chi connectivity index (χ0n) is 16.0. The van der Waals surface area contributed by atoms with Gasteiger partial charge in [-0.3, -0.25) is 19.3 Å². The molecule has 0 spiro atoms. The summed E-state index contributed by atoms with van der Waals surface area (Å²) in [5.74, 6) is -0.946. The predicted molar refractivity (Wildman–Crippen MR) is 117 cm³/mol. The van der Waals surface area contributed by atoms with Crippen LogP contribution in [-0.4, -0.2) is 29.2 Å². The lowest BCUT2D eigenvalue weighted by Crippen LogP contribution is -2.36. The molecule has 30 heavy (non-hydrogen) atoms. The average molecular weight is 463 g/mol. The van der Waals surface area contributed by atoms with Crippen LogP contribution in [0.15, 0.2) is 83.3 Å². The fraction of sp³-hybridized carbons (Fsp3) is 0.125. The van der Waals surface area contributed by atoms with E-state index in [9.17, 15) is 14.4 Å². The molecule has 1 aliphatic rings. The predicted octanol–water partition coefficient (Wildman–Crippen LogP) is 4.34. The van der Waals surface area contributed by atoms with Gasteiger partial charge in [-0.2, -0.15) is 0 Å².